The van der Waals surface area contributed by atoms with E-state index in [1.54, 1.807) is 12.0 Å². The number of amides is 2. The Hall–Kier alpha value is -5.02. The summed E-state index contributed by atoms with van der Waals surface area (Å²) in [4.78, 5) is 47.5. The van der Waals surface area contributed by atoms with Crippen molar-refractivity contribution in [2.45, 2.75) is 90.6 Å². The minimum Gasteiger partial charge on any atom is -0.488 e. The van der Waals surface area contributed by atoms with Gasteiger partial charge in [-0.1, -0.05) is 32.0 Å². The number of imidazole rings is 2. The molecule has 1 unspecified atom stereocenters. The zero-order valence-corrected chi connectivity index (χ0v) is 33.7. The first kappa shape index (κ1) is 38.8. The van der Waals surface area contributed by atoms with Crippen LogP contribution >= 0.6 is 0 Å². The molecule has 2 saturated heterocycles. The van der Waals surface area contributed by atoms with Crippen molar-refractivity contribution in [2.75, 3.05) is 33.9 Å². The van der Waals surface area contributed by atoms with Crippen molar-refractivity contribution in [2.24, 2.45) is 11.8 Å². The standard InChI is InChI=1S/C43H53N7O7/c1-23(2)36(48-41(52)55-7)40(51)49-14-8-9-33(49)38-44-19-32(46-38)26-10-12-28-27(16-26)22-56-35-18-29-25(17-30(28)35)11-13-31-37(29)47-39(45-31)34-15-24(21-54-6)20-50(34)42(53)57-43(3,4)5/h10-13,16-19,23-24,33-34,36,41,48,52H,8-9,14-15,20-22H2,1-7H3,(H,44,46)(H,45,47)/t24-,33-,34-,36-,41?/m0/s1. The lowest BCUT2D eigenvalue weighted by Crippen LogP contribution is -2.52. The lowest BCUT2D eigenvalue weighted by atomic mass is 9.92. The van der Waals surface area contributed by atoms with Crippen molar-refractivity contribution in [3.05, 3.63) is 65.9 Å². The van der Waals surface area contributed by atoms with Crippen LogP contribution in [-0.4, -0.2) is 98.8 Å². The van der Waals surface area contributed by atoms with Crippen LogP contribution in [0.3, 0.4) is 0 Å². The fourth-order valence-corrected chi connectivity index (χ4v) is 8.61. The van der Waals surface area contributed by atoms with Crippen molar-refractivity contribution in [3.8, 4) is 28.1 Å². The van der Waals surface area contributed by atoms with Crippen LogP contribution < -0.4 is 10.1 Å². The number of likely N-dealkylation sites (tertiary alicyclic amines) is 2. The topological polar surface area (TPSA) is 167 Å². The van der Waals surface area contributed by atoms with Gasteiger partial charge in [0.2, 0.25) is 12.3 Å². The Morgan fingerprint density at radius 3 is 2.61 bits per heavy atom. The van der Waals surface area contributed by atoms with E-state index in [2.05, 4.69) is 51.7 Å². The minimum atomic E-state index is -1.23. The number of benzene rings is 3. The molecule has 0 bridgehead atoms. The molecule has 0 aliphatic carbocycles. The summed E-state index contributed by atoms with van der Waals surface area (Å²) in [7, 11) is 3.08. The molecular weight excluding hydrogens is 727 g/mol. The monoisotopic (exact) mass is 779 g/mol. The van der Waals surface area contributed by atoms with Gasteiger partial charge >= 0.3 is 6.09 Å². The Bertz CT molecular complexity index is 2290. The molecule has 5 atom stereocenters. The molecule has 5 aromatic rings. The maximum atomic E-state index is 13.7. The van der Waals surface area contributed by atoms with Gasteiger partial charge in [-0.25, -0.2) is 14.8 Å². The summed E-state index contributed by atoms with van der Waals surface area (Å²) in [5.41, 5.74) is 6.13. The van der Waals surface area contributed by atoms with Crippen molar-refractivity contribution < 1.29 is 33.6 Å². The normalized spacial score (nSPS) is 20.5. The number of aromatic nitrogens is 4. The molecule has 57 heavy (non-hydrogen) atoms. The Morgan fingerprint density at radius 1 is 1.04 bits per heavy atom. The second-order valence-corrected chi connectivity index (χ2v) is 16.9. The summed E-state index contributed by atoms with van der Waals surface area (Å²) < 4.78 is 22.6. The van der Waals surface area contributed by atoms with E-state index < -0.39 is 18.1 Å². The Kier molecular flexibility index (Phi) is 10.5. The van der Waals surface area contributed by atoms with Crippen LogP contribution in [0.4, 0.5) is 4.79 Å². The number of aromatic amines is 2. The molecule has 2 amide bonds. The molecule has 0 radical (unpaired) electrons. The number of ether oxygens (including phenoxy) is 4. The Balaban J connectivity index is 1.04. The second kappa shape index (κ2) is 15.4. The number of H-pyrrole nitrogens is 2. The van der Waals surface area contributed by atoms with E-state index in [1.807, 2.05) is 51.8 Å². The van der Waals surface area contributed by atoms with Gasteiger partial charge in [-0.2, -0.15) is 0 Å². The van der Waals surface area contributed by atoms with E-state index in [-0.39, 0.29) is 35.9 Å². The largest absolute Gasteiger partial charge is 0.488 e. The Labute approximate surface area is 332 Å². The highest BCUT2D eigenvalue weighted by atomic mass is 16.6. The van der Waals surface area contributed by atoms with Crippen molar-refractivity contribution in [3.63, 3.8) is 0 Å². The zero-order valence-electron chi connectivity index (χ0n) is 33.7. The molecule has 302 valence electrons. The highest BCUT2D eigenvalue weighted by molar-refractivity contribution is 6.07. The van der Waals surface area contributed by atoms with Gasteiger partial charge in [0.15, 0.2) is 0 Å². The lowest BCUT2D eigenvalue weighted by Gasteiger charge is -2.31. The summed E-state index contributed by atoms with van der Waals surface area (Å²) in [5, 5.41) is 15.0. The first-order valence-electron chi connectivity index (χ1n) is 19.9. The van der Waals surface area contributed by atoms with E-state index in [9.17, 15) is 14.7 Å². The molecule has 8 rings (SSSR count). The average Bonchev–Trinajstić information content (AvgIpc) is 4.01. The van der Waals surface area contributed by atoms with E-state index >= 15 is 0 Å². The number of hydrogen-bond acceptors (Lipinski definition) is 10. The van der Waals surface area contributed by atoms with Gasteiger partial charge in [0.1, 0.15) is 29.6 Å². The molecule has 14 nitrogen and oxygen atoms in total. The fourth-order valence-electron chi connectivity index (χ4n) is 8.61. The highest BCUT2D eigenvalue weighted by Crippen LogP contribution is 2.44. The molecule has 14 heteroatoms. The third kappa shape index (κ3) is 7.59. The summed E-state index contributed by atoms with van der Waals surface area (Å²) in [6.45, 7) is 11.6. The highest BCUT2D eigenvalue weighted by Gasteiger charge is 2.41. The number of nitrogens with one attached hydrogen (secondary N) is 3. The van der Waals surface area contributed by atoms with Crippen LogP contribution in [0.15, 0.2) is 48.7 Å². The van der Waals surface area contributed by atoms with Crippen molar-refractivity contribution >= 4 is 33.8 Å². The molecule has 3 aliphatic rings. The summed E-state index contributed by atoms with van der Waals surface area (Å²) in [5.74, 6) is 2.30. The Morgan fingerprint density at radius 2 is 1.86 bits per heavy atom. The lowest BCUT2D eigenvalue weighted by molar-refractivity contribution is -0.145. The summed E-state index contributed by atoms with van der Waals surface area (Å²) in [6.07, 6.45) is 2.63. The van der Waals surface area contributed by atoms with Crippen LogP contribution in [0.1, 0.15) is 83.2 Å². The average molecular weight is 780 g/mol. The predicted octanol–water partition coefficient (Wildman–Crippen LogP) is 6.81. The number of nitrogens with zero attached hydrogens (tertiary/aromatic N) is 4. The van der Waals surface area contributed by atoms with E-state index in [0.29, 0.717) is 26.3 Å². The van der Waals surface area contributed by atoms with E-state index in [0.717, 1.165) is 86.4 Å². The number of carbonyl (C=O) groups is 2. The van der Waals surface area contributed by atoms with Gasteiger partial charge in [-0.15, -0.1) is 0 Å². The SMILES string of the molecule is COC[C@H]1C[C@@H](c2nc3c(ccc4cc5c(cc43)OCc3cc(-c4cnc([C@@H]6CCCN6C(=O)[C@@H](NC(O)OC)C(C)C)[nH]4)ccc3-5)[nH]2)N(C(=O)OC(C)(C)C)C1. The number of aliphatic hydroxyl groups excluding tert-OH is 1. The summed E-state index contributed by atoms with van der Waals surface area (Å²) in [6, 6.07) is 13.7. The first-order valence-corrected chi connectivity index (χ1v) is 19.9. The van der Waals surface area contributed by atoms with Crippen LogP contribution in [0.25, 0.3) is 44.2 Å². The zero-order chi connectivity index (χ0) is 40.2. The van der Waals surface area contributed by atoms with Gasteiger partial charge in [-0.05, 0) is 92.3 Å². The molecule has 3 aliphatic heterocycles. The smallest absolute Gasteiger partial charge is 0.410 e. The molecule has 2 aromatic heterocycles. The van der Waals surface area contributed by atoms with Crippen LogP contribution in [0.2, 0.25) is 0 Å². The molecule has 5 heterocycles. The minimum absolute atomic E-state index is 0.0501. The van der Waals surface area contributed by atoms with Gasteiger partial charge in [-0.3, -0.25) is 15.0 Å². The first-order chi connectivity index (χ1) is 27.3. The number of aliphatic hydroxyl groups is 1. The number of fused-ring (bicyclic) bond motifs is 6. The molecule has 2 fully saturated rings. The maximum Gasteiger partial charge on any atom is 0.410 e. The molecule has 0 spiro atoms. The third-order valence-electron chi connectivity index (χ3n) is 11.3. The molecule has 4 N–H and O–H groups in total. The molecule has 0 saturated carbocycles. The van der Waals surface area contributed by atoms with Crippen LogP contribution in [0.5, 0.6) is 5.75 Å². The van der Waals surface area contributed by atoms with Gasteiger partial charge < -0.3 is 38.9 Å². The molecule has 3 aromatic carbocycles. The second-order valence-electron chi connectivity index (χ2n) is 16.9. The van der Waals surface area contributed by atoms with E-state index in [4.69, 9.17) is 28.9 Å². The number of carbonyl (C=O) groups excluding carboxylic acids is 2. The number of methoxy groups -OCH3 is 2. The van der Waals surface area contributed by atoms with Crippen molar-refractivity contribution in [1.82, 2.24) is 35.1 Å². The third-order valence-corrected chi connectivity index (χ3v) is 11.3. The van der Waals surface area contributed by atoms with E-state index in [1.165, 1.54) is 7.11 Å². The maximum absolute atomic E-state index is 13.7. The van der Waals surface area contributed by atoms with Crippen LogP contribution in [0, 0.1) is 11.8 Å². The quantitative estimate of drug-likeness (QED) is 0.111. The van der Waals surface area contributed by atoms with Crippen LogP contribution in [-0.2, 0) is 25.6 Å². The van der Waals surface area contributed by atoms with Gasteiger partial charge in [0.25, 0.3) is 0 Å². The number of rotatable bonds is 10. The summed E-state index contributed by atoms with van der Waals surface area (Å²) >= 11 is 0. The van der Waals surface area contributed by atoms with Crippen molar-refractivity contribution in [1.29, 1.82) is 0 Å². The van der Waals surface area contributed by atoms with Gasteiger partial charge in [0.05, 0.1) is 47.7 Å². The van der Waals surface area contributed by atoms with Gasteiger partial charge in [0, 0.05) is 44.2 Å². The number of hydrogen-bond donors (Lipinski definition) is 4. The molecular formula is C43H53N7O7. The fraction of sp³-hybridized carbons (Fsp3) is 0.488. The predicted molar refractivity (Wildman–Crippen MR) is 215 cm³/mol.